The number of nitrogens with two attached hydrogens (primary N) is 1. The molecular formula is C14H21FN2. The maximum atomic E-state index is 14.0. The zero-order valence-electron chi connectivity index (χ0n) is 10.3. The van der Waals surface area contributed by atoms with Crippen molar-refractivity contribution < 1.29 is 4.39 Å². The second-order valence-corrected chi connectivity index (χ2v) is 4.74. The van der Waals surface area contributed by atoms with Gasteiger partial charge in [-0.25, -0.2) is 4.39 Å². The summed E-state index contributed by atoms with van der Waals surface area (Å²) in [4.78, 5) is 2.18. The van der Waals surface area contributed by atoms with Gasteiger partial charge in [-0.15, -0.1) is 0 Å². The fourth-order valence-electron chi connectivity index (χ4n) is 2.42. The van der Waals surface area contributed by atoms with Crippen LogP contribution >= 0.6 is 0 Å². The second kappa shape index (κ2) is 6.01. The molecule has 1 aliphatic rings. The summed E-state index contributed by atoms with van der Waals surface area (Å²) in [6, 6.07) is 5.37. The molecule has 0 radical (unpaired) electrons. The molecule has 2 N–H and O–H groups in total. The van der Waals surface area contributed by atoms with Crippen LogP contribution in [0.3, 0.4) is 0 Å². The van der Waals surface area contributed by atoms with Gasteiger partial charge in [0.15, 0.2) is 0 Å². The Morgan fingerprint density at radius 2 is 1.71 bits per heavy atom. The number of rotatable bonds is 2. The quantitative estimate of drug-likeness (QED) is 0.855. The van der Waals surface area contributed by atoms with Gasteiger partial charge >= 0.3 is 0 Å². The predicted molar refractivity (Wildman–Crippen MR) is 69.6 cm³/mol. The van der Waals surface area contributed by atoms with Crippen molar-refractivity contribution in [3.05, 3.63) is 29.6 Å². The molecule has 1 aliphatic heterocycles. The molecule has 17 heavy (non-hydrogen) atoms. The van der Waals surface area contributed by atoms with Crippen LogP contribution in [-0.2, 0) is 6.54 Å². The van der Waals surface area contributed by atoms with Gasteiger partial charge in [-0.05, 0) is 30.5 Å². The first-order valence-corrected chi connectivity index (χ1v) is 6.54. The highest BCUT2D eigenvalue weighted by molar-refractivity contribution is 5.49. The Kier molecular flexibility index (Phi) is 4.37. The van der Waals surface area contributed by atoms with E-state index in [1.807, 2.05) is 12.1 Å². The molecule has 0 unspecified atom stereocenters. The van der Waals surface area contributed by atoms with Crippen LogP contribution in [0, 0.1) is 5.82 Å². The molecule has 3 heteroatoms. The maximum Gasteiger partial charge on any atom is 0.146 e. The van der Waals surface area contributed by atoms with Crippen LogP contribution in [0.15, 0.2) is 18.2 Å². The fraction of sp³-hybridized carbons (Fsp3) is 0.571. The first-order valence-electron chi connectivity index (χ1n) is 6.54. The summed E-state index contributed by atoms with van der Waals surface area (Å²) in [6.45, 7) is 2.34. The minimum absolute atomic E-state index is 0.131. The standard InChI is InChI=1S/C14H21FN2/c15-13-10-12(11-16)6-7-14(13)17-8-4-2-1-3-5-9-17/h6-7,10H,1-5,8-9,11,16H2. The predicted octanol–water partition coefficient (Wildman–Crippen LogP) is 3.05. The van der Waals surface area contributed by atoms with Gasteiger partial charge in [0.2, 0.25) is 0 Å². The molecule has 94 valence electrons. The zero-order chi connectivity index (χ0) is 12.1. The molecule has 0 aromatic heterocycles. The highest BCUT2D eigenvalue weighted by Crippen LogP contribution is 2.23. The summed E-state index contributed by atoms with van der Waals surface area (Å²) in [5, 5.41) is 0. The van der Waals surface area contributed by atoms with Crippen LogP contribution in [0.4, 0.5) is 10.1 Å². The number of benzene rings is 1. The van der Waals surface area contributed by atoms with E-state index in [1.54, 1.807) is 6.07 Å². The number of hydrogen-bond donors (Lipinski definition) is 1. The van der Waals surface area contributed by atoms with Gasteiger partial charge in [0.1, 0.15) is 5.82 Å². The van der Waals surface area contributed by atoms with Crippen LogP contribution in [0.2, 0.25) is 0 Å². The Hall–Kier alpha value is -1.09. The molecular weight excluding hydrogens is 215 g/mol. The molecule has 0 amide bonds. The Morgan fingerprint density at radius 1 is 1.06 bits per heavy atom. The van der Waals surface area contributed by atoms with Gasteiger partial charge in [-0.3, -0.25) is 0 Å². The van der Waals surface area contributed by atoms with E-state index in [4.69, 9.17) is 5.73 Å². The summed E-state index contributed by atoms with van der Waals surface area (Å²) in [5.41, 5.74) is 7.11. The van der Waals surface area contributed by atoms with E-state index in [9.17, 15) is 4.39 Å². The smallest absolute Gasteiger partial charge is 0.146 e. The fourth-order valence-corrected chi connectivity index (χ4v) is 2.42. The van der Waals surface area contributed by atoms with E-state index in [-0.39, 0.29) is 5.82 Å². The molecule has 2 rings (SSSR count). The average Bonchev–Trinajstić information content (AvgIpc) is 2.29. The third-order valence-electron chi connectivity index (χ3n) is 3.44. The Bertz CT molecular complexity index is 357. The first kappa shape index (κ1) is 12.4. The Balaban J connectivity index is 2.13. The second-order valence-electron chi connectivity index (χ2n) is 4.74. The van der Waals surface area contributed by atoms with Crippen molar-refractivity contribution >= 4 is 5.69 Å². The number of hydrogen-bond acceptors (Lipinski definition) is 2. The molecule has 1 aromatic rings. The summed E-state index contributed by atoms with van der Waals surface area (Å²) in [7, 11) is 0. The van der Waals surface area contributed by atoms with Crippen molar-refractivity contribution in [3.8, 4) is 0 Å². The topological polar surface area (TPSA) is 29.3 Å². The molecule has 0 spiro atoms. The van der Waals surface area contributed by atoms with Gasteiger partial charge < -0.3 is 10.6 Å². The third-order valence-corrected chi connectivity index (χ3v) is 3.44. The van der Waals surface area contributed by atoms with Crippen molar-refractivity contribution in [1.29, 1.82) is 0 Å². The van der Waals surface area contributed by atoms with E-state index >= 15 is 0 Å². The van der Waals surface area contributed by atoms with Gasteiger partial charge in [0.25, 0.3) is 0 Å². The lowest BCUT2D eigenvalue weighted by molar-refractivity contribution is 0.544. The monoisotopic (exact) mass is 236 g/mol. The molecule has 0 atom stereocenters. The van der Waals surface area contributed by atoms with Crippen LogP contribution in [-0.4, -0.2) is 13.1 Å². The summed E-state index contributed by atoms with van der Waals surface area (Å²) < 4.78 is 14.0. The van der Waals surface area contributed by atoms with Crippen molar-refractivity contribution in [1.82, 2.24) is 0 Å². The molecule has 0 aliphatic carbocycles. The Labute approximate surface area is 103 Å². The highest BCUT2D eigenvalue weighted by atomic mass is 19.1. The van der Waals surface area contributed by atoms with Gasteiger partial charge in [0.05, 0.1) is 5.69 Å². The maximum absolute atomic E-state index is 14.0. The van der Waals surface area contributed by atoms with Gasteiger partial charge in [-0.2, -0.15) is 0 Å². The third kappa shape index (κ3) is 3.19. The normalized spacial score (nSPS) is 17.6. The van der Waals surface area contributed by atoms with Crippen molar-refractivity contribution in [3.63, 3.8) is 0 Å². The summed E-state index contributed by atoms with van der Waals surface area (Å²) in [6.07, 6.45) is 6.18. The molecule has 1 heterocycles. The van der Waals surface area contributed by atoms with E-state index in [1.165, 1.54) is 19.3 Å². The van der Waals surface area contributed by atoms with E-state index in [0.717, 1.165) is 37.2 Å². The number of anilines is 1. The molecule has 2 nitrogen and oxygen atoms in total. The molecule has 1 fully saturated rings. The van der Waals surface area contributed by atoms with E-state index < -0.39 is 0 Å². The number of halogens is 1. The lowest BCUT2D eigenvalue weighted by atomic mass is 10.1. The number of nitrogens with zero attached hydrogens (tertiary/aromatic N) is 1. The minimum atomic E-state index is -0.131. The van der Waals surface area contributed by atoms with Crippen molar-refractivity contribution in [2.45, 2.75) is 38.6 Å². The first-order chi connectivity index (χ1) is 8.31. The van der Waals surface area contributed by atoms with E-state index in [2.05, 4.69) is 4.90 Å². The lowest BCUT2D eigenvalue weighted by Crippen LogP contribution is -2.27. The summed E-state index contributed by atoms with van der Waals surface area (Å²) >= 11 is 0. The largest absolute Gasteiger partial charge is 0.369 e. The van der Waals surface area contributed by atoms with Crippen LogP contribution in [0.1, 0.15) is 37.7 Å². The highest BCUT2D eigenvalue weighted by Gasteiger charge is 2.13. The minimum Gasteiger partial charge on any atom is -0.369 e. The molecule has 0 saturated carbocycles. The lowest BCUT2D eigenvalue weighted by Gasteiger charge is -2.27. The van der Waals surface area contributed by atoms with Crippen molar-refractivity contribution in [2.24, 2.45) is 5.73 Å². The van der Waals surface area contributed by atoms with Gasteiger partial charge in [-0.1, -0.05) is 25.3 Å². The van der Waals surface area contributed by atoms with Crippen LogP contribution < -0.4 is 10.6 Å². The summed E-state index contributed by atoms with van der Waals surface area (Å²) in [5.74, 6) is -0.131. The van der Waals surface area contributed by atoms with Gasteiger partial charge in [0, 0.05) is 19.6 Å². The van der Waals surface area contributed by atoms with Crippen LogP contribution in [0.5, 0.6) is 0 Å². The van der Waals surface area contributed by atoms with E-state index in [0.29, 0.717) is 6.54 Å². The molecule has 1 saturated heterocycles. The molecule has 0 bridgehead atoms. The van der Waals surface area contributed by atoms with Crippen LogP contribution in [0.25, 0.3) is 0 Å². The SMILES string of the molecule is NCc1ccc(N2CCCCCCC2)c(F)c1. The average molecular weight is 236 g/mol. The Morgan fingerprint density at radius 3 is 2.29 bits per heavy atom. The van der Waals surface area contributed by atoms with Crippen molar-refractivity contribution in [2.75, 3.05) is 18.0 Å². The zero-order valence-corrected chi connectivity index (χ0v) is 10.3. The molecule has 1 aromatic carbocycles.